The molecular weight excluding hydrogens is 396 g/mol. The Labute approximate surface area is 168 Å². The zero-order valence-corrected chi connectivity index (χ0v) is 16.7. The van der Waals surface area contributed by atoms with E-state index in [4.69, 9.17) is 4.74 Å². The predicted molar refractivity (Wildman–Crippen MR) is 108 cm³/mol. The van der Waals surface area contributed by atoms with E-state index in [2.05, 4.69) is 10.0 Å². The maximum absolute atomic E-state index is 12.3. The number of carbonyl (C=O) groups excluding carboxylic acids is 3. The fourth-order valence-electron chi connectivity index (χ4n) is 2.28. The van der Waals surface area contributed by atoms with Crippen LogP contribution >= 0.6 is 0 Å². The first-order valence-corrected chi connectivity index (χ1v) is 10.4. The number of ketones is 1. The molecular formula is C20H20N2O6S. The van der Waals surface area contributed by atoms with Gasteiger partial charge in [0, 0.05) is 18.2 Å². The summed E-state index contributed by atoms with van der Waals surface area (Å²) >= 11 is 0. The monoisotopic (exact) mass is 416 g/mol. The molecule has 29 heavy (non-hydrogen) atoms. The van der Waals surface area contributed by atoms with E-state index in [1.165, 1.54) is 37.3 Å². The van der Waals surface area contributed by atoms with Gasteiger partial charge in [0.2, 0.25) is 15.9 Å². The molecule has 0 atom stereocenters. The Morgan fingerprint density at radius 2 is 1.62 bits per heavy atom. The number of nitrogens with one attached hydrogen (secondary N) is 2. The van der Waals surface area contributed by atoms with Crippen LogP contribution in [-0.4, -0.2) is 38.9 Å². The zero-order chi connectivity index (χ0) is 21.4. The average Bonchev–Trinajstić information content (AvgIpc) is 2.65. The minimum Gasteiger partial charge on any atom is -0.453 e. The minimum absolute atomic E-state index is 0.0933. The summed E-state index contributed by atoms with van der Waals surface area (Å²) in [4.78, 5) is 35.9. The van der Waals surface area contributed by atoms with E-state index >= 15 is 0 Å². The molecule has 0 fully saturated rings. The number of benzene rings is 2. The first kappa shape index (κ1) is 21.8. The smallest absolute Gasteiger partial charge is 0.355 e. The van der Waals surface area contributed by atoms with E-state index in [0.717, 1.165) is 6.26 Å². The van der Waals surface area contributed by atoms with Gasteiger partial charge in [0.15, 0.2) is 12.4 Å². The SMILES string of the molecule is CC(=O)N/C(=C\c1ccccc1)C(=O)OCC(=O)c1ccc(NS(C)(=O)=O)cc1. The van der Waals surface area contributed by atoms with Crippen LogP contribution < -0.4 is 10.0 Å². The molecule has 2 aromatic carbocycles. The molecule has 0 aliphatic heterocycles. The van der Waals surface area contributed by atoms with Crippen molar-refractivity contribution in [3.05, 3.63) is 71.4 Å². The molecule has 0 aliphatic rings. The lowest BCUT2D eigenvalue weighted by Crippen LogP contribution is -2.27. The predicted octanol–water partition coefficient (Wildman–Crippen LogP) is 1.96. The summed E-state index contributed by atoms with van der Waals surface area (Å²) in [6, 6.07) is 14.5. The Hall–Kier alpha value is -3.46. The summed E-state index contributed by atoms with van der Waals surface area (Å²) < 4.78 is 29.7. The molecule has 2 rings (SSSR count). The molecule has 0 aromatic heterocycles. The third-order valence-electron chi connectivity index (χ3n) is 3.49. The van der Waals surface area contributed by atoms with E-state index in [1.807, 2.05) is 6.07 Å². The molecule has 2 aromatic rings. The third kappa shape index (κ3) is 7.59. The number of hydrogen-bond acceptors (Lipinski definition) is 6. The summed E-state index contributed by atoms with van der Waals surface area (Å²) in [6.45, 7) is 0.715. The minimum atomic E-state index is -3.42. The third-order valence-corrected chi connectivity index (χ3v) is 4.09. The van der Waals surface area contributed by atoms with Crippen molar-refractivity contribution >= 4 is 39.4 Å². The largest absolute Gasteiger partial charge is 0.453 e. The van der Waals surface area contributed by atoms with Crippen molar-refractivity contribution in [3.63, 3.8) is 0 Å². The first-order valence-electron chi connectivity index (χ1n) is 8.46. The summed E-state index contributed by atoms with van der Waals surface area (Å²) in [5.41, 5.74) is 1.13. The summed E-state index contributed by atoms with van der Waals surface area (Å²) in [5, 5.41) is 2.39. The van der Waals surface area contributed by atoms with Gasteiger partial charge >= 0.3 is 5.97 Å². The van der Waals surface area contributed by atoms with Gasteiger partial charge in [-0.3, -0.25) is 14.3 Å². The maximum atomic E-state index is 12.3. The number of hydrogen-bond donors (Lipinski definition) is 2. The highest BCUT2D eigenvalue weighted by Gasteiger charge is 2.16. The standard InChI is InChI=1S/C20H20N2O6S/c1-14(23)21-18(12-15-6-4-3-5-7-15)20(25)28-13-19(24)16-8-10-17(11-9-16)22-29(2,26)27/h3-12,22H,13H2,1-2H3,(H,21,23)/b18-12-. The molecule has 0 saturated heterocycles. The molecule has 0 aliphatic carbocycles. The van der Waals surface area contributed by atoms with Gasteiger partial charge < -0.3 is 10.1 Å². The van der Waals surface area contributed by atoms with Crippen LogP contribution in [0.3, 0.4) is 0 Å². The van der Waals surface area contributed by atoms with Crippen LogP contribution in [0.15, 0.2) is 60.3 Å². The number of Topliss-reactive ketones (excluding diaryl/α,β-unsaturated/α-hetero) is 1. The highest BCUT2D eigenvalue weighted by atomic mass is 32.2. The zero-order valence-electron chi connectivity index (χ0n) is 15.8. The Kier molecular flexibility index (Phi) is 7.27. The fourth-order valence-corrected chi connectivity index (χ4v) is 2.85. The second-order valence-corrected chi connectivity index (χ2v) is 7.85. The van der Waals surface area contributed by atoms with Crippen molar-refractivity contribution in [3.8, 4) is 0 Å². The molecule has 0 saturated carbocycles. The molecule has 0 unspecified atom stereocenters. The number of sulfonamides is 1. The Bertz CT molecular complexity index is 1030. The molecule has 2 N–H and O–H groups in total. The van der Waals surface area contributed by atoms with Crippen molar-refractivity contribution in [1.82, 2.24) is 5.32 Å². The van der Waals surface area contributed by atoms with Crippen LogP contribution in [0.1, 0.15) is 22.8 Å². The van der Waals surface area contributed by atoms with Crippen LogP contribution in [0.5, 0.6) is 0 Å². The Morgan fingerprint density at radius 3 is 2.17 bits per heavy atom. The number of amides is 1. The van der Waals surface area contributed by atoms with Gasteiger partial charge in [-0.2, -0.15) is 0 Å². The number of rotatable bonds is 8. The number of anilines is 1. The summed E-state index contributed by atoms with van der Waals surface area (Å²) in [7, 11) is -3.42. The lowest BCUT2D eigenvalue weighted by molar-refractivity contribution is -0.139. The van der Waals surface area contributed by atoms with E-state index in [9.17, 15) is 22.8 Å². The molecule has 0 heterocycles. The van der Waals surface area contributed by atoms with E-state index < -0.39 is 34.3 Å². The van der Waals surface area contributed by atoms with Crippen molar-refractivity contribution in [1.29, 1.82) is 0 Å². The summed E-state index contributed by atoms with van der Waals surface area (Å²) in [6.07, 6.45) is 2.46. The molecule has 0 spiro atoms. The van der Waals surface area contributed by atoms with E-state index in [-0.39, 0.29) is 11.3 Å². The van der Waals surface area contributed by atoms with Gasteiger partial charge in [-0.1, -0.05) is 30.3 Å². The quantitative estimate of drug-likeness (QED) is 0.386. The average molecular weight is 416 g/mol. The van der Waals surface area contributed by atoms with Crippen LogP contribution in [0.2, 0.25) is 0 Å². The van der Waals surface area contributed by atoms with Gasteiger partial charge in [-0.15, -0.1) is 0 Å². The lowest BCUT2D eigenvalue weighted by Gasteiger charge is -2.09. The number of carbonyl (C=O) groups is 3. The second-order valence-electron chi connectivity index (χ2n) is 6.10. The molecule has 0 bridgehead atoms. The molecule has 152 valence electrons. The Morgan fingerprint density at radius 1 is 1.00 bits per heavy atom. The van der Waals surface area contributed by atoms with Crippen molar-refractivity contribution < 1.29 is 27.5 Å². The highest BCUT2D eigenvalue weighted by molar-refractivity contribution is 7.92. The van der Waals surface area contributed by atoms with Crippen molar-refractivity contribution in [2.24, 2.45) is 0 Å². The number of esters is 1. The van der Waals surface area contributed by atoms with Gasteiger partial charge in [0.1, 0.15) is 5.70 Å². The molecule has 9 heteroatoms. The molecule has 0 radical (unpaired) electrons. The van der Waals surface area contributed by atoms with E-state index in [1.54, 1.807) is 24.3 Å². The van der Waals surface area contributed by atoms with Crippen molar-refractivity contribution in [2.45, 2.75) is 6.92 Å². The van der Waals surface area contributed by atoms with Crippen LogP contribution in [-0.2, 0) is 24.3 Å². The van der Waals surface area contributed by atoms with Crippen LogP contribution in [0.4, 0.5) is 5.69 Å². The van der Waals surface area contributed by atoms with Crippen molar-refractivity contribution in [2.75, 3.05) is 17.6 Å². The highest BCUT2D eigenvalue weighted by Crippen LogP contribution is 2.12. The second kappa shape index (κ2) is 9.65. The maximum Gasteiger partial charge on any atom is 0.355 e. The lowest BCUT2D eigenvalue weighted by atomic mass is 10.1. The van der Waals surface area contributed by atoms with Gasteiger partial charge in [-0.25, -0.2) is 13.2 Å². The normalized spacial score (nSPS) is 11.4. The first-order chi connectivity index (χ1) is 13.6. The van der Waals surface area contributed by atoms with Gasteiger partial charge in [-0.05, 0) is 35.9 Å². The molecule has 1 amide bonds. The molecule has 8 nitrogen and oxygen atoms in total. The van der Waals surface area contributed by atoms with E-state index in [0.29, 0.717) is 11.3 Å². The van der Waals surface area contributed by atoms with Crippen LogP contribution in [0.25, 0.3) is 6.08 Å². The topological polar surface area (TPSA) is 119 Å². The van der Waals surface area contributed by atoms with Gasteiger partial charge in [0.25, 0.3) is 0 Å². The Balaban J connectivity index is 2.04. The summed E-state index contributed by atoms with van der Waals surface area (Å²) in [5.74, 6) is -1.79. The van der Waals surface area contributed by atoms with Gasteiger partial charge in [0.05, 0.1) is 6.26 Å². The fraction of sp³-hybridized carbons (Fsp3) is 0.150. The number of ether oxygens (including phenoxy) is 1. The van der Waals surface area contributed by atoms with Crippen LogP contribution in [0, 0.1) is 0 Å².